The molecule has 1 fully saturated rings. The largest absolute Gasteiger partial charge is 0.384 e. The first-order valence-electron chi connectivity index (χ1n) is 6.54. The zero-order chi connectivity index (χ0) is 14.6. The molecule has 1 amide bonds. The number of anilines is 1. The van der Waals surface area contributed by atoms with E-state index in [9.17, 15) is 9.18 Å². The van der Waals surface area contributed by atoms with E-state index in [-0.39, 0.29) is 16.6 Å². The summed E-state index contributed by atoms with van der Waals surface area (Å²) in [7, 11) is 1.57. The third kappa shape index (κ3) is 3.11. The van der Waals surface area contributed by atoms with Crippen LogP contribution >= 0.6 is 11.6 Å². The fourth-order valence-electron chi connectivity index (χ4n) is 2.47. The quantitative estimate of drug-likeness (QED) is 0.898. The predicted octanol–water partition coefficient (Wildman–Crippen LogP) is 2.43. The molecule has 110 valence electrons. The molecule has 1 aromatic rings. The van der Waals surface area contributed by atoms with Gasteiger partial charge < -0.3 is 15.4 Å². The highest BCUT2D eigenvalue weighted by molar-refractivity contribution is 6.31. The lowest BCUT2D eigenvalue weighted by Crippen LogP contribution is -2.47. The Balaban J connectivity index is 2.18. The number of piperidine rings is 1. The van der Waals surface area contributed by atoms with E-state index < -0.39 is 11.2 Å². The predicted molar refractivity (Wildman–Crippen MR) is 76.5 cm³/mol. The lowest BCUT2D eigenvalue weighted by Gasteiger charge is -2.35. The first-order chi connectivity index (χ1) is 9.59. The van der Waals surface area contributed by atoms with Crippen LogP contribution in [0, 0.1) is 11.2 Å². The molecule has 1 aromatic carbocycles. The Morgan fingerprint density at radius 1 is 1.50 bits per heavy atom. The molecule has 2 N–H and O–H groups in total. The van der Waals surface area contributed by atoms with E-state index >= 15 is 0 Å². The summed E-state index contributed by atoms with van der Waals surface area (Å²) in [5, 5.41) is 5.84. The summed E-state index contributed by atoms with van der Waals surface area (Å²) >= 11 is 5.72. The average molecular weight is 301 g/mol. The summed E-state index contributed by atoms with van der Waals surface area (Å²) in [6.07, 6.45) is 1.32. The highest BCUT2D eigenvalue weighted by atomic mass is 35.5. The third-order valence-electron chi connectivity index (χ3n) is 3.66. The number of carbonyl (C=O) groups is 1. The van der Waals surface area contributed by atoms with Crippen LogP contribution in [0.25, 0.3) is 0 Å². The number of hydrogen-bond donors (Lipinski definition) is 2. The molecule has 1 heterocycles. The van der Waals surface area contributed by atoms with Gasteiger partial charge in [0.1, 0.15) is 0 Å². The number of benzene rings is 1. The van der Waals surface area contributed by atoms with Gasteiger partial charge in [-0.25, -0.2) is 4.39 Å². The fraction of sp³-hybridized carbons (Fsp3) is 0.500. The molecule has 1 aliphatic heterocycles. The summed E-state index contributed by atoms with van der Waals surface area (Å²) in [5.74, 6) is -0.828. The van der Waals surface area contributed by atoms with Crippen molar-refractivity contribution in [2.24, 2.45) is 5.41 Å². The highest BCUT2D eigenvalue weighted by Crippen LogP contribution is 2.32. The molecule has 0 atom stereocenters. The summed E-state index contributed by atoms with van der Waals surface area (Å²) in [5.41, 5.74) is -0.508. The van der Waals surface area contributed by atoms with E-state index in [0.29, 0.717) is 19.4 Å². The van der Waals surface area contributed by atoms with E-state index in [1.807, 2.05) is 0 Å². The summed E-state index contributed by atoms with van der Waals surface area (Å²) in [6.45, 7) is 1.81. The SMILES string of the molecule is COCC1(C(=O)Nc2cccc(Cl)c2F)CCNCC1. The Morgan fingerprint density at radius 3 is 2.85 bits per heavy atom. The van der Waals surface area contributed by atoms with Crippen molar-refractivity contribution in [3.8, 4) is 0 Å². The van der Waals surface area contributed by atoms with Crippen LogP contribution in [0.3, 0.4) is 0 Å². The van der Waals surface area contributed by atoms with E-state index in [0.717, 1.165) is 13.1 Å². The summed E-state index contributed by atoms with van der Waals surface area (Å²) in [4.78, 5) is 12.5. The Kier molecular flexibility index (Phi) is 4.96. The summed E-state index contributed by atoms with van der Waals surface area (Å²) < 4.78 is 19.0. The van der Waals surface area contributed by atoms with Crippen molar-refractivity contribution in [1.82, 2.24) is 5.32 Å². The minimum absolute atomic E-state index is 0.00565. The molecule has 1 saturated heterocycles. The van der Waals surface area contributed by atoms with E-state index in [4.69, 9.17) is 16.3 Å². The minimum atomic E-state index is -0.616. The fourth-order valence-corrected chi connectivity index (χ4v) is 2.65. The van der Waals surface area contributed by atoms with E-state index in [1.165, 1.54) is 12.1 Å². The normalized spacial score (nSPS) is 17.8. The maximum Gasteiger partial charge on any atom is 0.233 e. The lowest BCUT2D eigenvalue weighted by atomic mass is 9.78. The molecule has 0 spiro atoms. The van der Waals surface area contributed by atoms with Crippen molar-refractivity contribution in [1.29, 1.82) is 0 Å². The van der Waals surface area contributed by atoms with Crippen molar-refractivity contribution in [3.05, 3.63) is 29.0 Å². The first-order valence-corrected chi connectivity index (χ1v) is 6.92. The van der Waals surface area contributed by atoms with Gasteiger partial charge >= 0.3 is 0 Å². The van der Waals surface area contributed by atoms with Gasteiger partial charge in [-0.15, -0.1) is 0 Å². The van der Waals surface area contributed by atoms with Crippen LogP contribution in [-0.4, -0.2) is 32.7 Å². The number of rotatable bonds is 4. The molecule has 2 rings (SSSR count). The molecule has 20 heavy (non-hydrogen) atoms. The van der Waals surface area contributed by atoms with Crippen molar-refractivity contribution >= 4 is 23.2 Å². The Hall–Kier alpha value is -1.17. The number of nitrogens with one attached hydrogen (secondary N) is 2. The maximum absolute atomic E-state index is 13.8. The molecular weight excluding hydrogens is 283 g/mol. The Bertz CT molecular complexity index is 485. The van der Waals surface area contributed by atoms with Gasteiger partial charge in [0.25, 0.3) is 0 Å². The van der Waals surface area contributed by atoms with Crippen LogP contribution in [0.15, 0.2) is 18.2 Å². The second-order valence-corrected chi connectivity index (χ2v) is 5.43. The Labute approximate surface area is 122 Å². The van der Waals surface area contributed by atoms with Crippen LogP contribution in [-0.2, 0) is 9.53 Å². The molecular formula is C14H18ClFN2O2. The molecule has 0 radical (unpaired) electrons. The van der Waals surface area contributed by atoms with Crippen LogP contribution in [0.2, 0.25) is 5.02 Å². The number of carbonyl (C=O) groups excluding carboxylic acids is 1. The van der Waals surface area contributed by atoms with Gasteiger partial charge in [-0.3, -0.25) is 4.79 Å². The topological polar surface area (TPSA) is 50.4 Å². The number of methoxy groups -OCH3 is 1. The van der Waals surface area contributed by atoms with Crippen LogP contribution in [0.4, 0.5) is 10.1 Å². The van der Waals surface area contributed by atoms with E-state index in [1.54, 1.807) is 13.2 Å². The molecule has 6 heteroatoms. The monoisotopic (exact) mass is 300 g/mol. The van der Waals surface area contributed by atoms with Crippen LogP contribution in [0.1, 0.15) is 12.8 Å². The van der Waals surface area contributed by atoms with Crippen LogP contribution in [0.5, 0.6) is 0 Å². The van der Waals surface area contributed by atoms with Crippen molar-refractivity contribution in [2.45, 2.75) is 12.8 Å². The number of halogens is 2. The standard InChI is InChI=1S/C14H18ClFN2O2/c1-20-9-14(5-7-17-8-6-14)13(19)18-11-4-2-3-10(15)12(11)16/h2-4,17H,5-9H2,1H3,(H,18,19). The summed E-state index contributed by atoms with van der Waals surface area (Å²) in [6, 6.07) is 4.55. The highest BCUT2D eigenvalue weighted by Gasteiger charge is 2.39. The lowest BCUT2D eigenvalue weighted by molar-refractivity contribution is -0.130. The van der Waals surface area contributed by atoms with Gasteiger partial charge in [-0.1, -0.05) is 17.7 Å². The zero-order valence-electron chi connectivity index (χ0n) is 11.3. The molecule has 0 aromatic heterocycles. The molecule has 0 bridgehead atoms. The number of amides is 1. The molecule has 0 unspecified atom stereocenters. The maximum atomic E-state index is 13.8. The average Bonchev–Trinajstić information content (AvgIpc) is 2.45. The molecule has 0 aliphatic carbocycles. The smallest absolute Gasteiger partial charge is 0.233 e. The second kappa shape index (κ2) is 6.52. The molecule has 4 nitrogen and oxygen atoms in total. The van der Waals surface area contributed by atoms with Gasteiger partial charge in [0.2, 0.25) is 5.91 Å². The van der Waals surface area contributed by atoms with Crippen molar-refractivity contribution in [2.75, 3.05) is 32.1 Å². The first kappa shape index (κ1) is 15.2. The molecule has 1 aliphatic rings. The minimum Gasteiger partial charge on any atom is -0.384 e. The number of hydrogen-bond acceptors (Lipinski definition) is 3. The van der Waals surface area contributed by atoms with Gasteiger partial charge in [-0.2, -0.15) is 0 Å². The third-order valence-corrected chi connectivity index (χ3v) is 3.95. The Morgan fingerprint density at radius 2 is 2.20 bits per heavy atom. The van der Waals surface area contributed by atoms with Gasteiger partial charge in [0.05, 0.1) is 22.7 Å². The van der Waals surface area contributed by atoms with Gasteiger partial charge in [-0.05, 0) is 38.1 Å². The van der Waals surface area contributed by atoms with Gasteiger partial charge in [0.15, 0.2) is 5.82 Å². The van der Waals surface area contributed by atoms with E-state index in [2.05, 4.69) is 10.6 Å². The molecule has 0 saturated carbocycles. The number of ether oxygens (including phenoxy) is 1. The van der Waals surface area contributed by atoms with Crippen molar-refractivity contribution < 1.29 is 13.9 Å². The zero-order valence-corrected chi connectivity index (χ0v) is 12.1. The van der Waals surface area contributed by atoms with Crippen LogP contribution < -0.4 is 10.6 Å². The van der Waals surface area contributed by atoms with Crippen molar-refractivity contribution in [3.63, 3.8) is 0 Å². The van der Waals surface area contributed by atoms with Gasteiger partial charge in [0, 0.05) is 7.11 Å². The second-order valence-electron chi connectivity index (χ2n) is 5.02.